The Kier molecular flexibility index (Phi) is 0.856. The number of rotatable bonds is 0. The molecule has 0 fully saturated rings. The molecule has 33 valence electrons. The number of aliphatic imine (C=N–C) groups is 1. The van der Waals surface area contributed by atoms with Crippen LogP contribution in [0.25, 0.3) is 0 Å². The maximum Gasteiger partial charge on any atom is 0.215 e. The van der Waals surface area contributed by atoms with Gasteiger partial charge in [0.2, 0.25) is 6.29 Å². The van der Waals surface area contributed by atoms with Crippen molar-refractivity contribution in [1.82, 2.24) is 5.32 Å². The molecule has 0 amide bonds. The largest absolute Gasteiger partial charge is 0.290 e. The number of nitrogens with one attached hydrogen (secondary N) is 1. The third-order valence-electron chi connectivity index (χ3n) is 0.605. The van der Waals surface area contributed by atoms with Gasteiger partial charge in [-0.1, -0.05) is 0 Å². The van der Waals surface area contributed by atoms with Crippen LogP contribution in [0.4, 0.5) is 0 Å². The van der Waals surface area contributed by atoms with Crippen molar-refractivity contribution in [3.8, 4) is 0 Å². The molecule has 3 N–H and O–H groups in total. The van der Waals surface area contributed by atoms with Gasteiger partial charge in [0, 0.05) is 12.8 Å². The minimum Gasteiger partial charge on any atom is -0.290 e. The van der Waals surface area contributed by atoms with Crippen molar-refractivity contribution in [2.45, 2.75) is 0 Å². The fraction of sp³-hybridized carbons (Fsp3) is 0.333. The zero-order chi connectivity index (χ0) is 4.41. The highest BCUT2D eigenvalue weighted by molar-refractivity contribution is 5.63. The summed E-state index contributed by atoms with van der Waals surface area (Å²) in [4.78, 5) is 3.69. The molecule has 0 spiro atoms. The van der Waals surface area contributed by atoms with Crippen molar-refractivity contribution in [1.29, 1.82) is 0 Å². The first-order valence-corrected chi connectivity index (χ1v) is 1.78. The summed E-state index contributed by atoms with van der Waals surface area (Å²) in [6.07, 6.45) is 2.25. The summed E-state index contributed by atoms with van der Waals surface area (Å²) in [6.45, 7) is 0.784. The van der Waals surface area contributed by atoms with Gasteiger partial charge in [-0.3, -0.25) is 16.0 Å². The molecule has 1 heterocycles. The molecule has 0 saturated heterocycles. The molecule has 1 radical (unpaired) electrons. The van der Waals surface area contributed by atoms with Gasteiger partial charge in [-0.15, -0.1) is 0 Å². The summed E-state index contributed by atoms with van der Waals surface area (Å²) in [6, 6.07) is 0. The molecule has 0 aromatic carbocycles. The van der Waals surface area contributed by atoms with Crippen LogP contribution < -0.4 is 11.1 Å². The van der Waals surface area contributed by atoms with Gasteiger partial charge < -0.3 is 0 Å². The van der Waals surface area contributed by atoms with E-state index in [1.807, 2.05) is 0 Å². The third kappa shape index (κ3) is 0.555. The van der Waals surface area contributed by atoms with Gasteiger partial charge in [-0.25, -0.2) is 0 Å². The van der Waals surface area contributed by atoms with E-state index in [1.54, 1.807) is 6.21 Å². The molecule has 0 aromatic heterocycles. The van der Waals surface area contributed by atoms with Crippen LogP contribution in [0.2, 0.25) is 0 Å². The molecule has 0 atom stereocenters. The van der Waals surface area contributed by atoms with E-state index in [9.17, 15) is 0 Å². The number of nitrogens with two attached hydrogens (primary N) is 1. The second kappa shape index (κ2) is 1.36. The van der Waals surface area contributed by atoms with Crippen LogP contribution in [0, 0.1) is 6.29 Å². The highest BCUT2D eigenvalue weighted by atomic mass is 15.2. The Hall–Kier alpha value is -0.410. The zero-order valence-electron chi connectivity index (χ0n) is 3.31. The van der Waals surface area contributed by atoms with Crippen molar-refractivity contribution in [2.75, 3.05) is 6.54 Å². The lowest BCUT2D eigenvalue weighted by Crippen LogP contribution is -2.21. The fourth-order valence-electron chi connectivity index (χ4n) is 0.340. The Morgan fingerprint density at radius 2 is 2.83 bits per heavy atom. The second-order valence-corrected chi connectivity index (χ2v) is 1.08. The quantitative estimate of drug-likeness (QED) is 0.398. The molecule has 0 bridgehead atoms. The summed E-state index contributed by atoms with van der Waals surface area (Å²) >= 11 is 0. The molecule has 0 unspecified atom stereocenters. The average Bonchev–Trinajstić information content (AvgIpc) is 1.86. The predicted octanol–water partition coefficient (Wildman–Crippen LogP) is -0.934. The van der Waals surface area contributed by atoms with Crippen molar-refractivity contribution >= 4 is 6.21 Å². The lowest BCUT2D eigenvalue weighted by Gasteiger charge is -1.90. The molecule has 1 aliphatic heterocycles. The lowest BCUT2D eigenvalue weighted by atomic mass is 10.8. The summed E-state index contributed by atoms with van der Waals surface area (Å²) in [7, 11) is 0. The van der Waals surface area contributed by atoms with Crippen LogP contribution in [0.3, 0.4) is 0 Å². The Labute approximate surface area is 36.2 Å². The Morgan fingerprint density at radius 3 is 3.00 bits per heavy atom. The van der Waals surface area contributed by atoms with E-state index in [0.717, 1.165) is 6.54 Å². The van der Waals surface area contributed by atoms with Gasteiger partial charge in [0.1, 0.15) is 0 Å². The maximum absolute atomic E-state index is 5.14. The van der Waals surface area contributed by atoms with Crippen LogP contribution in [0.15, 0.2) is 4.99 Å². The first-order chi connectivity index (χ1) is 2.89. The smallest absolute Gasteiger partial charge is 0.215 e. The van der Waals surface area contributed by atoms with E-state index in [4.69, 9.17) is 5.73 Å². The maximum atomic E-state index is 5.14. The summed E-state index contributed by atoms with van der Waals surface area (Å²) in [5, 5.41) is 2.79. The van der Waals surface area contributed by atoms with Crippen LogP contribution in [0.5, 0.6) is 0 Å². The monoisotopic (exact) mass is 84.1 g/mol. The van der Waals surface area contributed by atoms with E-state index in [1.165, 1.54) is 0 Å². The van der Waals surface area contributed by atoms with E-state index in [-0.39, 0.29) is 0 Å². The molecule has 3 nitrogen and oxygen atoms in total. The van der Waals surface area contributed by atoms with Gasteiger partial charge in [0.25, 0.3) is 0 Å². The molecule has 0 saturated carbocycles. The van der Waals surface area contributed by atoms with Gasteiger partial charge in [-0.2, -0.15) is 0 Å². The Balaban J connectivity index is 2.38. The molecule has 1 rings (SSSR count). The third-order valence-corrected chi connectivity index (χ3v) is 0.605. The van der Waals surface area contributed by atoms with Crippen molar-refractivity contribution < 1.29 is 0 Å². The standard InChI is InChI=1S/C3H6N3/c4-3-5-1-2-6-3/h1,6H,2,4H2. The predicted molar refractivity (Wildman–Crippen MR) is 23.9 cm³/mol. The molecule has 3 heteroatoms. The van der Waals surface area contributed by atoms with Gasteiger partial charge >= 0.3 is 0 Å². The minimum atomic E-state index is 0.523. The van der Waals surface area contributed by atoms with Crippen LogP contribution >= 0.6 is 0 Å². The normalized spacial score (nSPS) is 22.8. The van der Waals surface area contributed by atoms with Crippen molar-refractivity contribution in [3.05, 3.63) is 6.29 Å². The molecular formula is C3H6N3. The van der Waals surface area contributed by atoms with E-state index >= 15 is 0 Å². The average molecular weight is 84.1 g/mol. The first kappa shape index (κ1) is 3.77. The van der Waals surface area contributed by atoms with E-state index in [0.29, 0.717) is 6.29 Å². The Bertz CT molecular complexity index is 68.4. The number of hydrogen-bond acceptors (Lipinski definition) is 3. The topological polar surface area (TPSA) is 50.4 Å². The summed E-state index contributed by atoms with van der Waals surface area (Å²) in [5.41, 5.74) is 5.14. The van der Waals surface area contributed by atoms with Crippen LogP contribution in [-0.4, -0.2) is 12.8 Å². The highest BCUT2D eigenvalue weighted by Crippen LogP contribution is 1.86. The van der Waals surface area contributed by atoms with Gasteiger partial charge in [-0.05, 0) is 0 Å². The second-order valence-electron chi connectivity index (χ2n) is 1.08. The van der Waals surface area contributed by atoms with E-state index in [2.05, 4.69) is 10.3 Å². The van der Waals surface area contributed by atoms with Crippen molar-refractivity contribution in [3.63, 3.8) is 0 Å². The van der Waals surface area contributed by atoms with Crippen LogP contribution in [-0.2, 0) is 0 Å². The molecule has 0 aliphatic carbocycles. The SMILES string of the molecule is N[C]1N=CCN1. The van der Waals surface area contributed by atoms with Gasteiger partial charge in [0.15, 0.2) is 0 Å². The number of nitrogens with zero attached hydrogens (tertiary/aromatic N) is 1. The lowest BCUT2D eigenvalue weighted by molar-refractivity contribution is 0.794. The fourth-order valence-corrected chi connectivity index (χ4v) is 0.340. The van der Waals surface area contributed by atoms with E-state index < -0.39 is 0 Å². The minimum absolute atomic E-state index is 0.523. The molecule has 1 aliphatic rings. The number of hydrogen-bond donors (Lipinski definition) is 2. The zero-order valence-corrected chi connectivity index (χ0v) is 3.31. The molecule has 0 aromatic rings. The molecule has 6 heavy (non-hydrogen) atoms. The first-order valence-electron chi connectivity index (χ1n) is 1.78. The highest BCUT2D eigenvalue weighted by Gasteiger charge is 2.00. The summed E-state index contributed by atoms with van der Waals surface area (Å²) in [5.74, 6) is 0. The molecular weight excluding hydrogens is 78.1 g/mol. The van der Waals surface area contributed by atoms with Crippen LogP contribution in [0.1, 0.15) is 0 Å². The Morgan fingerprint density at radius 1 is 2.00 bits per heavy atom. The van der Waals surface area contributed by atoms with Gasteiger partial charge in [0.05, 0.1) is 0 Å². The summed E-state index contributed by atoms with van der Waals surface area (Å²) < 4.78 is 0. The van der Waals surface area contributed by atoms with Crippen molar-refractivity contribution in [2.24, 2.45) is 10.7 Å².